The maximum atomic E-state index is 12.0. The van der Waals surface area contributed by atoms with E-state index in [1.54, 1.807) is 0 Å². The Morgan fingerprint density at radius 2 is 1.71 bits per heavy atom. The Morgan fingerprint density at radius 3 is 2.25 bits per heavy atom. The third-order valence-corrected chi connectivity index (χ3v) is 4.41. The highest BCUT2D eigenvalue weighted by Crippen LogP contribution is 2.44. The first kappa shape index (κ1) is 16.2. The molecule has 24 heavy (non-hydrogen) atoms. The second-order valence-corrected chi connectivity index (χ2v) is 6.00. The van der Waals surface area contributed by atoms with E-state index in [-0.39, 0.29) is 12.5 Å². The summed E-state index contributed by atoms with van der Waals surface area (Å²) in [7, 11) is 0. The molecule has 0 bridgehead atoms. The minimum Gasteiger partial charge on any atom is -0.449 e. The van der Waals surface area contributed by atoms with E-state index in [1.165, 1.54) is 22.3 Å². The summed E-state index contributed by atoms with van der Waals surface area (Å²) in [4.78, 5) is 22.9. The summed E-state index contributed by atoms with van der Waals surface area (Å²) in [6.45, 7) is 2.23. The number of carbonyl (C=O) groups excluding carboxylic acids is 2. The van der Waals surface area contributed by atoms with Gasteiger partial charge >= 0.3 is 6.09 Å². The van der Waals surface area contributed by atoms with Gasteiger partial charge in [-0.05, 0) is 28.7 Å². The number of amides is 1. The molecule has 0 spiro atoms. The number of carbonyl (C=O) groups is 2. The van der Waals surface area contributed by atoms with E-state index in [4.69, 9.17) is 4.74 Å². The predicted molar refractivity (Wildman–Crippen MR) is 93.0 cm³/mol. The minimum absolute atomic E-state index is 0.0315. The van der Waals surface area contributed by atoms with Crippen molar-refractivity contribution in [3.8, 4) is 11.1 Å². The molecular weight excluding hydrogens is 302 g/mol. The zero-order valence-corrected chi connectivity index (χ0v) is 13.7. The average Bonchev–Trinajstić information content (AvgIpc) is 2.93. The van der Waals surface area contributed by atoms with Crippen molar-refractivity contribution in [3.05, 3.63) is 59.7 Å². The zero-order chi connectivity index (χ0) is 16.9. The Hall–Kier alpha value is -2.62. The van der Waals surface area contributed by atoms with Crippen molar-refractivity contribution in [2.45, 2.75) is 31.7 Å². The van der Waals surface area contributed by atoms with Gasteiger partial charge in [-0.2, -0.15) is 0 Å². The first-order valence-corrected chi connectivity index (χ1v) is 8.31. The summed E-state index contributed by atoms with van der Waals surface area (Å²) in [6.07, 6.45) is 1.66. The molecule has 1 N–H and O–H groups in total. The van der Waals surface area contributed by atoms with Crippen LogP contribution in [0.5, 0.6) is 0 Å². The number of aldehydes is 1. The van der Waals surface area contributed by atoms with Crippen LogP contribution in [0.2, 0.25) is 0 Å². The van der Waals surface area contributed by atoms with Gasteiger partial charge in [-0.3, -0.25) is 0 Å². The Bertz CT molecular complexity index is 696. The van der Waals surface area contributed by atoms with Gasteiger partial charge in [-0.25, -0.2) is 4.79 Å². The molecule has 2 aromatic carbocycles. The first-order valence-electron chi connectivity index (χ1n) is 8.31. The summed E-state index contributed by atoms with van der Waals surface area (Å²) >= 11 is 0. The molecule has 0 unspecified atom stereocenters. The Morgan fingerprint density at radius 1 is 1.12 bits per heavy atom. The van der Waals surface area contributed by atoms with Crippen LogP contribution in [-0.2, 0) is 9.53 Å². The Labute approximate surface area is 141 Å². The molecule has 1 amide bonds. The van der Waals surface area contributed by atoms with Crippen LogP contribution in [0, 0.1) is 0 Å². The monoisotopic (exact) mass is 323 g/mol. The molecule has 0 saturated heterocycles. The highest BCUT2D eigenvalue weighted by molar-refractivity contribution is 5.79. The van der Waals surface area contributed by atoms with Crippen molar-refractivity contribution >= 4 is 12.4 Å². The van der Waals surface area contributed by atoms with Gasteiger partial charge in [-0.1, -0.05) is 61.9 Å². The number of benzene rings is 2. The molecule has 1 aliphatic carbocycles. The fraction of sp³-hybridized carbons (Fsp3) is 0.300. The van der Waals surface area contributed by atoms with Crippen LogP contribution in [0.4, 0.5) is 4.79 Å². The number of ether oxygens (including phenoxy) is 1. The second-order valence-electron chi connectivity index (χ2n) is 6.00. The smallest absolute Gasteiger partial charge is 0.407 e. The Balaban J connectivity index is 1.71. The first-order chi connectivity index (χ1) is 11.7. The number of alkyl carbamates (subject to hydrolysis) is 1. The largest absolute Gasteiger partial charge is 0.449 e. The molecule has 0 aromatic heterocycles. The molecule has 0 heterocycles. The fourth-order valence-corrected chi connectivity index (χ4v) is 3.28. The summed E-state index contributed by atoms with van der Waals surface area (Å²) in [5, 5.41) is 2.61. The van der Waals surface area contributed by atoms with Gasteiger partial charge in [0.15, 0.2) is 0 Å². The minimum atomic E-state index is -0.539. The number of fused-ring (bicyclic) bond motifs is 3. The Kier molecular flexibility index (Phi) is 4.94. The second kappa shape index (κ2) is 7.30. The maximum Gasteiger partial charge on any atom is 0.407 e. The number of hydrogen-bond donors (Lipinski definition) is 1. The van der Waals surface area contributed by atoms with Gasteiger partial charge in [0.25, 0.3) is 0 Å². The van der Waals surface area contributed by atoms with Crippen LogP contribution in [0.3, 0.4) is 0 Å². The SMILES string of the molecule is CCC[C@H](C=O)NC(=O)OCC1c2ccccc2-c2ccccc21. The lowest BCUT2D eigenvalue weighted by atomic mass is 9.98. The standard InChI is InChI=1S/C20H21NO3/c1-2-7-14(12-22)21-20(23)24-13-19-17-10-5-3-8-15(17)16-9-4-6-11-18(16)19/h3-6,8-12,14,19H,2,7,13H2,1H3,(H,21,23)/t14-/m1/s1. The molecule has 0 radical (unpaired) electrons. The molecule has 0 saturated carbocycles. The summed E-state index contributed by atoms with van der Waals surface area (Å²) in [5.41, 5.74) is 4.73. The van der Waals surface area contributed by atoms with Gasteiger partial charge in [0.05, 0.1) is 6.04 Å². The third-order valence-electron chi connectivity index (χ3n) is 4.41. The van der Waals surface area contributed by atoms with Gasteiger partial charge in [0.2, 0.25) is 0 Å². The van der Waals surface area contributed by atoms with Gasteiger partial charge in [-0.15, -0.1) is 0 Å². The van der Waals surface area contributed by atoms with E-state index >= 15 is 0 Å². The highest BCUT2D eigenvalue weighted by Gasteiger charge is 2.29. The summed E-state index contributed by atoms with van der Waals surface area (Å²) < 4.78 is 5.41. The molecular formula is C20H21NO3. The average molecular weight is 323 g/mol. The van der Waals surface area contributed by atoms with Crippen LogP contribution < -0.4 is 5.32 Å². The van der Waals surface area contributed by atoms with Gasteiger partial charge in [0.1, 0.15) is 12.9 Å². The van der Waals surface area contributed by atoms with Crippen molar-refractivity contribution in [2.75, 3.05) is 6.61 Å². The molecule has 124 valence electrons. The molecule has 0 aliphatic heterocycles. The maximum absolute atomic E-state index is 12.0. The number of nitrogens with one attached hydrogen (secondary N) is 1. The lowest BCUT2D eigenvalue weighted by Crippen LogP contribution is -2.36. The molecule has 4 nitrogen and oxygen atoms in total. The molecule has 0 fully saturated rings. The summed E-state index contributed by atoms with van der Waals surface area (Å²) in [6, 6.07) is 15.9. The predicted octanol–water partition coefficient (Wildman–Crippen LogP) is 3.89. The van der Waals surface area contributed by atoms with Crippen molar-refractivity contribution in [3.63, 3.8) is 0 Å². The zero-order valence-electron chi connectivity index (χ0n) is 13.7. The van der Waals surface area contributed by atoms with Gasteiger partial charge < -0.3 is 14.8 Å². The molecule has 1 aliphatic rings. The van der Waals surface area contributed by atoms with E-state index < -0.39 is 12.1 Å². The van der Waals surface area contributed by atoms with Gasteiger partial charge in [0, 0.05) is 5.92 Å². The number of rotatable bonds is 6. The van der Waals surface area contributed by atoms with E-state index in [9.17, 15) is 9.59 Å². The summed E-state index contributed by atoms with van der Waals surface area (Å²) in [5.74, 6) is 0.0315. The third kappa shape index (κ3) is 3.18. The normalized spacial score (nSPS) is 13.7. The van der Waals surface area contributed by atoms with E-state index in [1.807, 2.05) is 31.2 Å². The van der Waals surface area contributed by atoms with Crippen molar-refractivity contribution in [1.29, 1.82) is 0 Å². The van der Waals surface area contributed by atoms with E-state index in [0.29, 0.717) is 6.42 Å². The quantitative estimate of drug-likeness (QED) is 0.821. The van der Waals surface area contributed by atoms with Crippen LogP contribution >= 0.6 is 0 Å². The van der Waals surface area contributed by atoms with Crippen LogP contribution in [0.25, 0.3) is 11.1 Å². The van der Waals surface area contributed by atoms with Crippen LogP contribution in [0.15, 0.2) is 48.5 Å². The lowest BCUT2D eigenvalue weighted by Gasteiger charge is -2.16. The van der Waals surface area contributed by atoms with Crippen molar-refractivity contribution < 1.29 is 14.3 Å². The van der Waals surface area contributed by atoms with Crippen molar-refractivity contribution in [2.24, 2.45) is 0 Å². The molecule has 4 heteroatoms. The molecule has 3 rings (SSSR count). The van der Waals surface area contributed by atoms with Crippen LogP contribution in [-0.4, -0.2) is 25.0 Å². The topological polar surface area (TPSA) is 55.4 Å². The van der Waals surface area contributed by atoms with Crippen LogP contribution in [0.1, 0.15) is 36.8 Å². The van der Waals surface area contributed by atoms with E-state index in [0.717, 1.165) is 12.7 Å². The number of hydrogen-bond acceptors (Lipinski definition) is 3. The fourth-order valence-electron chi connectivity index (χ4n) is 3.28. The lowest BCUT2D eigenvalue weighted by molar-refractivity contribution is -0.109. The molecule has 1 atom stereocenters. The van der Waals surface area contributed by atoms with Crippen molar-refractivity contribution in [1.82, 2.24) is 5.32 Å². The van der Waals surface area contributed by atoms with E-state index in [2.05, 4.69) is 29.6 Å². The highest BCUT2D eigenvalue weighted by atomic mass is 16.5. The molecule has 2 aromatic rings.